The molecular weight excluding hydrogens is 325 g/mol. The van der Waals surface area contributed by atoms with Crippen molar-refractivity contribution in [1.29, 1.82) is 0 Å². The van der Waals surface area contributed by atoms with E-state index in [1.165, 1.54) is 17.6 Å². The number of carbonyl (C=O) groups is 1. The molecule has 0 unspecified atom stereocenters. The number of nitrogens with one attached hydrogen (secondary N) is 1. The number of aromatic nitrogens is 2. The van der Waals surface area contributed by atoms with E-state index in [0.29, 0.717) is 31.6 Å². The molecule has 2 rings (SSSR count). The van der Waals surface area contributed by atoms with E-state index in [4.69, 9.17) is 0 Å². The first kappa shape index (κ1) is 17.5. The predicted molar refractivity (Wildman–Crippen MR) is 82.8 cm³/mol. The molecule has 0 atom stereocenters. The second-order valence-electron chi connectivity index (χ2n) is 5.58. The van der Waals surface area contributed by atoms with Gasteiger partial charge in [0, 0.05) is 26.1 Å². The van der Waals surface area contributed by atoms with Crippen LogP contribution in [-0.2, 0) is 21.9 Å². The van der Waals surface area contributed by atoms with Crippen LogP contribution in [0.4, 0.5) is 4.39 Å². The second kappa shape index (κ2) is 6.75. The number of sulfonamides is 1. The molecule has 0 spiro atoms. The number of rotatable bonds is 4. The monoisotopic (exact) mass is 345 g/mol. The Labute approximate surface area is 134 Å². The number of halogens is 1. The molecule has 1 aromatic rings. The van der Waals surface area contributed by atoms with Crippen molar-refractivity contribution in [3.8, 4) is 0 Å². The van der Waals surface area contributed by atoms with Gasteiger partial charge in [0.2, 0.25) is 21.9 Å². The molecule has 0 saturated carbocycles. The SMILES string of the molecule is Cc1nn(C)c(F)c1C=NNC(=O)C1CCN(S(C)(=O)=O)CC1. The molecular formula is C13H20FN5O3S. The van der Waals surface area contributed by atoms with E-state index in [9.17, 15) is 17.6 Å². The van der Waals surface area contributed by atoms with E-state index in [1.54, 1.807) is 6.92 Å². The topological polar surface area (TPSA) is 96.7 Å². The van der Waals surface area contributed by atoms with Crippen LogP contribution in [0.5, 0.6) is 0 Å². The maximum atomic E-state index is 13.7. The van der Waals surface area contributed by atoms with E-state index in [0.717, 1.165) is 10.9 Å². The summed E-state index contributed by atoms with van der Waals surface area (Å²) in [6, 6.07) is 0. The number of amides is 1. The molecule has 1 aliphatic rings. The first-order valence-electron chi connectivity index (χ1n) is 7.17. The van der Waals surface area contributed by atoms with Crippen LogP contribution >= 0.6 is 0 Å². The van der Waals surface area contributed by atoms with Crippen molar-refractivity contribution in [3.05, 3.63) is 17.2 Å². The average Bonchev–Trinajstić information content (AvgIpc) is 2.72. The normalized spacial score (nSPS) is 17.7. The van der Waals surface area contributed by atoms with Crippen LogP contribution in [0.25, 0.3) is 0 Å². The van der Waals surface area contributed by atoms with E-state index in [-0.39, 0.29) is 17.4 Å². The number of nitrogens with zero attached hydrogens (tertiary/aromatic N) is 4. The summed E-state index contributed by atoms with van der Waals surface area (Å²) in [4.78, 5) is 12.0. The number of piperidine rings is 1. The summed E-state index contributed by atoms with van der Waals surface area (Å²) in [7, 11) is -1.73. The van der Waals surface area contributed by atoms with Crippen molar-refractivity contribution in [2.45, 2.75) is 19.8 Å². The maximum Gasteiger partial charge on any atom is 0.243 e. The molecule has 23 heavy (non-hydrogen) atoms. The molecule has 0 bridgehead atoms. The minimum Gasteiger partial charge on any atom is -0.273 e. The Morgan fingerprint density at radius 3 is 2.52 bits per heavy atom. The van der Waals surface area contributed by atoms with Gasteiger partial charge >= 0.3 is 0 Å². The first-order valence-corrected chi connectivity index (χ1v) is 9.02. The Morgan fingerprint density at radius 1 is 1.43 bits per heavy atom. The van der Waals surface area contributed by atoms with E-state index < -0.39 is 16.0 Å². The molecule has 1 saturated heterocycles. The summed E-state index contributed by atoms with van der Waals surface area (Å²) in [5.41, 5.74) is 3.08. The third kappa shape index (κ3) is 4.14. The van der Waals surface area contributed by atoms with E-state index in [1.807, 2.05) is 0 Å². The molecule has 0 radical (unpaired) electrons. The minimum absolute atomic E-state index is 0.222. The molecule has 1 aliphatic heterocycles. The van der Waals surface area contributed by atoms with Crippen molar-refractivity contribution in [2.24, 2.45) is 18.1 Å². The van der Waals surface area contributed by atoms with Gasteiger partial charge < -0.3 is 0 Å². The van der Waals surface area contributed by atoms with Crippen LogP contribution in [0, 0.1) is 18.8 Å². The lowest BCUT2D eigenvalue weighted by Gasteiger charge is -2.28. The molecule has 1 fully saturated rings. The lowest BCUT2D eigenvalue weighted by molar-refractivity contribution is -0.126. The summed E-state index contributed by atoms with van der Waals surface area (Å²) in [5.74, 6) is -1.12. The zero-order valence-electron chi connectivity index (χ0n) is 13.3. The first-order chi connectivity index (χ1) is 10.7. The quantitative estimate of drug-likeness (QED) is 0.613. The van der Waals surface area contributed by atoms with Crippen LogP contribution in [0.2, 0.25) is 0 Å². The van der Waals surface area contributed by atoms with E-state index in [2.05, 4.69) is 15.6 Å². The van der Waals surface area contributed by atoms with Gasteiger partial charge in [0.05, 0.1) is 23.7 Å². The largest absolute Gasteiger partial charge is 0.273 e. The van der Waals surface area contributed by atoms with Crippen molar-refractivity contribution < 1.29 is 17.6 Å². The van der Waals surface area contributed by atoms with Gasteiger partial charge in [-0.3, -0.25) is 4.79 Å². The lowest BCUT2D eigenvalue weighted by atomic mass is 9.98. The fourth-order valence-corrected chi connectivity index (χ4v) is 3.37. The standard InChI is InChI=1S/C13H20FN5O3S/c1-9-11(12(14)18(2)17-9)8-15-16-13(20)10-4-6-19(7-5-10)23(3,21)22/h8,10H,4-7H2,1-3H3,(H,16,20). The fraction of sp³-hybridized carbons (Fsp3) is 0.615. The highest BCUT2D eigenvalue weighted by atomic mass is 32.2. The number of hydrogen-bond acceptors (Lipinski definition) is 5. The van der Waals surface area contributed by atoms with Gasteiger partial charge in [-0.1, -0.05) is 0 Å². The molecule has 1 N–H and O–H groups in total. The highest BCUT2D eigenvalue weighted by molar-refractivity contribution is 7.88. The zero-order valence-corrected chi connectivity index (χ0v) is 14.1. The minimum atomic E-state index is -3.21. The van der Waals surface area contributed by atoms with Gasteiger partial charge in [-0.15, -0.1) is 0 Å². The molecule has 0 aliphatic carbocycles. The van der Waals surface area contributed by atoms with Crippen LogP contribution in [-0.4, -0.2) is 54.0 Å². The third-order valence-corrected chi connectivity index (χ3v) is 5.16. The summed E-state index contributed by atoms with van der Waals surface area (Å²) >= 11 is 0. The fourth-order valence-electron chi connectivity index (χ4n) is 2.49. The molecule has 1 amide bonds. The number of hydrogen-bond donors (Lipinski definition) is 1. The number of aryl methyl sites for hydroxylation is 2. The second-order valence-corrected chi connectivity index (χ2v) is 7.57. The summed E-state index contributed by atoms with van der Waals surface area (Å²) in [6.45, 7) is 2.28. The predicted octanol–water partition coefficient (Wildman–Crippen LogP) is -0.0107. The summed E-state index contributed by atoms with van der Waals surface area (Å²) in [6.07, 6.45) is 3.26. The maximum absolute atomic E-state index is 13.7. The van der Waals surface area contributed by atoms with Gasteiger partial charge in [0.1, 0.15) is 0 Å². The zero-order chi connectivity index (χ0) is 17.2. The molecule has 128 valence electrons. The number of hydrazone groups is 1. The van der Waals surface area contributed by atoms with Crippen molar-refractivity contribution in [3.63, 3.8) is 0 Å². The molecule has 1 aromatic heterocycles. The molecule has 0 aromatic carbocycles. The van der Waals surface area contributed by atoms with Gasteiger partial charge in [-0.25, -0.2) is 22.8 Å². The number of carbonyl (C=O) groups excluding carboxylic acids is 1. The smallest absolute Gasteiger partial charge is 0.243 e. The van der Waals surface area contributed by atoms with Crippen molar-refractivity contribution in [2.75, 3.05) is 19.3 Å². The molecule has 10 heteroatoms. The van der Waals surface area contributed by atoms with Crippen molar-refractivity contribution >= 4 is 22.1 Å². The Balaban J connectivity index is 1.90. The molecule has 8 nitrogen and oxygen atoms in total. The Morgan fingerprint density at radius 2 is 2.04 bits per heavy atom. The average molecular weight is 345 g/mol. The van der Waals surface area contributed by atoms with Crippen molar-refractivity contribution in [1.82, 2.24) is 19.5 Å². The molecule has 2 heterocycles. The van der Waals surface area contributed by atoms with Gasteiger partial charge in [-0.2, -0.15) is 14.6 Å². The van der Waals surface area contributed by atoms with Crippen LogP contribution in [0.1, 0.15) is 24.1 Å². The lowest BCUT2D eigenvalue weighted by Crippen LogP contribution is -2.41. The van der Waals surface area contributed by atoms with Crippen LogP contribution in [0.15, 0.2) is 5.10 Å². The Bertz CT molecular complexity index is 720. The summed E-state index contributed by atoms with van der Waals surface area (Å²) < 4.78 is 39.0. The third-order valence-electron chi connectivity index (χ3n) is 3.86. The Hall–Kier alpha value is -1.81. The van der Waals surface area contributed by atoms with Crippen LogP contribution < -0.4 is 5.43 Å². The van der Waals surface area contributed by atoms with Gasteiger partial charge in [-0.05, 0) is 19.8 Å². The highest BCUT2D eigenvalue weighted by Gasteiger charge is 2.28. The highest BCUT2D eigenvalue weighted by Crippen LogP contribution is 2.19. The van der Waals surface area contributed by atoms with Gasteiger partial charge in [0.25, 0.3) is 0 Å². The van der Waals surface area contributed by atoms with Crippen LogP contribution in [0.3, 0.4) is 0 Å². The Kier molecular flexibility index (Phi) is 5.15. The summed E-state index contributed by atoms with van der Waals surface area (Å²) in [5, 5.41) is 7.67. The van der Waals surface area contributed by atoms with E-state index >= 15 is 0 Å². The van der Waals surface area contributed by atoms with Gasteiger partial charge in [0.15, 0.2) is 0 Å².